The fraction of sp³-hybridized carbons (Fsp3) is 0.727. The Labute approximate surface area is 351 Å². The number of halogens is 2. The topological polar surface area (TPSA) is 171 Å². The predicted molar refractivity (Wildman–Crippen MR) is 218 cm³/mol. The lowest BCUT2D eigenvalue weighted by atomic mass is 9.77. The van der Waals surface area contributed by atoms with Gasteiger partial charge < -0.3 is 19.1 Å². The van der Waals surface area contributed by atoms with E-state index in [1.54, 1.807) is 19.2 Å². The zero-order valence-electron chi connectivity index (χ0n) is 35.6. The van der Waals surface area contributed by atoms with E-state index in [4.69, 9.17) is 24.2 Å². The minimum atomic E-state index is -4.10. The van der Waals surface area contributed by atoms with Crippen LogP contribution in [0.15, 0.2) is 18.2 Å². The number of benzene rings is 1. The van der Waals surface area contributed by atoms with Crippen molar-refractivity contribution in [3.63, 3.8) is 0 Å². The number of carbonyl (C=O) groups is 4. The Bertz CT molecular complexity index is 2110. The Morgan fingerprint density at radius 3 is 2.43 bits per heavy atom. The Morgan fingerprint density at radius 1 is 1.05 bits per heavy atom. The van der Waals surface area contributed by atoms with Gasteiger partial charge in [-0.1, -0.05) is 40.5 Å². The molecule has 7 rings (SSSR count). The van der Waals surface area contributed by atoms with E-state index in [-0.39, 0.29) is 31.2 Å². The van der Waals surface area contributed by atoms with Crippen LogP contribution in [0, 0.1) is 34.5 Å². The summed E-state index contributed by atoms with van der Waals surface area (Å²) in [7, 11) is -2.55. The van der Waals surface area contributed by atoms with E-state index in [0.29, 0.717) is 48.2 Å². The molecule has 1 saturated heterocycles. The molecule has 3 aliphatic carbocycles. The van der Waals surface area contributed by atoms with Crippen molar-refractivity contribution in [3.8, 4) is 11.6 Å². The van der Waals surface area contributed by atoms with Gasteiger partial charge in [0.15, 0.2) is 5.78 Å². The van der Waals surface area contributed by atoms with Crippen LogP contribution in [0.4, 0.5) is 8.78 Å². The molecular weight excluding hydrogens is 799 g/mol. The fourth-order valence-corrected chi connectivity index (χ4v) is 11.5. The van der Waals surface area contributed by atoms with E-state index in [1.165, 1.54) is 4.90 Å². The minimum absolute atomic E-state index is 0.0973. The molecule has 330 valence electrons. The van der Waals surface area contributed by atoms with Gasteiger partial charge in [0.1, 0.15) is 23.1 Å². The van der Waals surface area contributed by atoms with Gasteiger partial charge in [-0.15, -0.1) is 0 Å². The molecule has 1 aromatic carbocycles. The third-order valence-corrected chi connectivity index (χ3v) is 15.9. The largest absolute Gasteiger partial charge is 0.497 e. The van der Waals surface area contributed by atoms with E-state index in [9.17, 15) is 31.6 Å². The summed E-state index contributed by atoms with van der Waals surface area (Å²) in [6.07, 6.45) is 2.48. The highest BCUT2D eigenvalue weighted by Crippen LogP contribution is 2.59. The number of nitrogens with one attached hydrogen (secondary N) is 1. The van der Waals surface area contributed by atoms with Gasteiger partial charge in [0, 0.05) is 24.3 Å². The number of aryl methyl sites for hydroxylation is 1. The summed E-state index contributed by atoms with van der Waals surface area (Å²) in [5.74, 6) is -4.97. The van der Waals surface area contributed by atoms with Crippen LogP contribution in [0.3, 0.4) is 0 Å². The van der Waals surface area contributed by atoms with Crippen molar-refractivity contribution in [2.24, 2.45) is 34.5 Å². The number of methoxy groups -OCH3 is 1. The minimum Gasteiger partial charge on any atom is -0.497 e. The van der Waals surface area contributed by atoms with Gasteiger partial charge in [0.05, 0.1) is 53.7 Å². The van der Waals surface area contributed by atoms with E-state index in [0.717, 1.165) is 44.9 Å². The van der Waals surface area contributed by atoms with Gasteiger partial charge >= 0.3 is 5.97 Å². The van der Waals surface area contributed by atoms with Crippen molar-refractivity contribution in [1.29, 1.82) is 0 Å². The number of rotatable bonds is 9. The van der Waals surface area contributed by atoms with Crippen molar-refractivity contribution in [1.82, 2.24) is 19.6 Å². The number of esters is 1. The van der Waals surface area contributed by atoms with Gasteiger partial charge in [0.25, 0.3) is 0 Å². The molecule has 2 amide bonds. The second-order valence-corrected chi connectivity index (χ2v) is 21.2. The number of ether oxygens (including phenoxy) is 3. The van der Waals surface area contributed by atoms with Gasteiger partial charge in [-0.25, -0.2) is 27.2 Å². The number of Topliss-reactive ketones (excluding diaryl/α,β-unsaturated/α-hetero) is 1. The Kier molecular flexibility index (Phi) is 12.3. The van der Waals surface area contributed by atoms with Crippen molar-refractivity contribution in [3.05, 3.63) is 23.9 Å². The Balaban J connectivity index is 1.29. The molecule has 0 unspecified atom stereocenters. The first kappa shape index (κ1) is 44.1. The van der Waals surface area contributed by atoms with Crippen LogP contribution in [-0.2, 0) is 40.4 Å². The number of sulfonamides is 1. The molecule has 2 bridgehead atoms. The lowest BCUT2D eigenvalue weighted by molar-refractivity contribution is -0.167. The van der Waals surface area contributed by atoms with E-state index >= 15 is 4.79 Å². The van der Waals surface area contributed by atoms with Gasteiger partial charge in [-0.2, -0.15) is 0 Å². The molecule has 60 heavy (non-hydrogen) atoms. The van der Waals surface area contributed by atoms with Crippen molar-refractivity contribution >= 4 is 44.6 Å². The maximum Gasteiger partial charge on any atom is 0.307 e. The van der Waals surface area contributed by atoms with Crippen LogP contribution >= 0.6 is 0 Å². The quantitative estimate of drug-likeness (QED) is 0.265. The number of hydrogen-bond donors (Lipinski definition) is 1. The molecule has 8 atom stereocenters. The molecule has 3 heterocycles. The van der Waals surface area contributed by atoms with Gasteiger partial charge in [-0.05, 0) is 94.6 Å². The number of alkyl halides is 2. The highest BCUT2D eigenvalue weighted by molar-refractivity contribution is 7.90. The van der Waals surface area contributed by atoms with E-state index in [1.807, 2.05) is 45.4 Å². The number of fused-ring (bicyclic) bond motifs is 5. The molecule has 1 aromatic heterocycles. The smallest absolute Gasteiger partial charge is 0.307 e. The third kappa shape index (κ3) is 8.86. The van der Waals surface area contributed by atoms with Gasteiger partial charge in [-0.3, -0.25) is 23.9 Å². The van der Waals surface area contributed by atoms with Crippen LogP contribution in [0.25, 0.3) is 11.0 Å². The first-order valence-electron chi connectivity index (χ1n) is 21.7. The zero-order chi connectivity index (χ0) is 43.4. The zero-order valence-corrected chi connectivity index (χ0v) is 36.5. The Hall–Kier alpha value is -3.95. The van der Waals surface area contributed by atoms with Gasteiger partial charge in [0.2, 0.25) is 34.1 Å². The number of nitrogens with zero attached hydrogens (tertiary/aromatic N) is 3. The van der Waals surface area contributed by atoms with Crippen LogP contribution in [0.5, 0.6) is 11.6 Å². The highest BCUT2D eigenvalue weighted by atomic mass is 32.2. The average molecular weight is 859 g/mol. The summed E-state index contributed by atoms with van der Waals surface area (Å²) in [6, 6.07) is 4.14. The lowest BCUT2D eigenvalue weighted by Gasteiger charge is -2.37. The number of carbonyl (C=O) groups excluding carboxylic acids is 4. The first-order chi connectivity index (χ1) is 28.3. The molecule has 0 radical (unpaired) electrons. The van der Waals surface area contributed by atoms with Crippen LogP contribution < -0.4 is 14.2 Å². The fourth-order valence-electron chi connectivity index (χ4n) is 10.1. The second-order valence-electron chi connectivity index (χ2n) is 19.2. The lowest BCUT2D eigenvalue weighted by Crippen LogP contribution is -2.50. The molecule has 16 heteroatoms. The van der Waals surface area contributed by atoms with E-state index < -0.39 is 98.0 Å². The van der Waals surface area contributed by atoms with Crippen LogP contribution in [-0.4, -0.2) is 89.9 Å². The number of aromatic nitrogens is 2. The summed E-state index contributed by atoms with van der Waals surface area (Å²) >= 11 is 0. The monoisotopic (exact) mass is 858 g/mol. The predicted octanol–water partition coefficient (Wildman–Crippen LogP) is 6.73. The van der Waals surface area contributed by atoms with Crippen molar-refractivity contribution in [2.75, 3.05) is 13.7 Å². The molecule has 13 nitrogen and oxygen atoms in total. The second kappa shape index (κ2) is 16.7. The Morgan fingerprint density at radius 2 is 1.78 bits per heavy atom. The molecule has 5 aliphatic rings. The average Bonchev–Trinajstić information content (AvgIpc) is 4.10. The van der Waals surface area contributed by atoms with Crippen LogP contribution in [0.2, 0.25) is 0 Å². The van der Waals surface area contributed by atoms with Crippen LogP contribution in [0.1, 0.15) is 124 Å². The SMILES string of the molecule is CC[C@@H]1[C@@H]2CN(C(=O)[C@H](C(C)(C)C)CC(=O)O[C@]3(C)CCC[C@H]3CCCCCc3nc4ccc(OC)cc4nc3O2)[C@@H]1C(=O)C[C@]1(C(=O)NS(=O)(=O)C2CC2)C[C@H]1C(F)F. The molecular formula is C44H60F2N4O9S. The molecule has 2 aromatic rings. The third-order valence-electron chi connectivity index (χ3n) is 14.0. The van der Waals surface area contributed by atoms with E-state index in [2.05, 4.69) is 0 Å². The number of ketones is 1. The molecule has 1 N–H and O–H groups in total. The summed E-state index contributed by atoms with van der Waals surface area (Å²) in [6.45, 7) is 9.25. The summed E-state index contributed by atoms with van der Waals surface area (Å²) in [5, 5.41) is -0.783. The highest BCUT2D eigenvalue weighted by Gasteiger charge is 2.66. The van der Waals surface area contributed by atoms with Crippen molar-refractivity contribution < 1.29 is 50.6 Å². The molecule has 2 aliphatic heterocycles. The maximum atomic E-state index is 15.1. The molecule has 3 saturated carbocycles. The summed E-state index contributed by atoms with van der Waals surface area (Å²) in [5.41, 5.74) is -1.65. The van der Waals surface area contributed by atoms with Crippen molar-refractivity contribution in [2.45, 2.75) is 154 Å². The molecule has 4 fully saturated rings. The molecule has 0 spiro atoms. The standard InChI is InChI=1S/C44H60F2N4O9S/c1-7-28-35-24-50(37(28)34(51)23-44(22-30(44)38(45)46)41(54)49-60(55,56)27-16-17-27)40(53)29(42(2,3)4)21-36(52)59-43(5)19-11-13-25(43)12-9-8-10-14-32-39(58-35)48-33-20-26(57-6)15-18-31(33)47-32/h15,18,20,25,27-30,35,37-38H,7-14,16-17,19,21-24H2,1-6H3,(H,49,54)/t25-,28-,29-,30+,35+,37+,43-,44-/m1/s1. The number of hydrogen-bond acceptors (Lipinski definition) is 11. The first-order valence-corrected chi connectivity index (χ1v) is 23.3. The normalized spacial score (nSPS) is 31.7. The summed E-state index contributed by atoms with van der Waals surface area (Å²) in [4.78, 5) is 68.9. The summed E-state index contributed by atoms with van der Waals surface area (Å²) < 4.78 is 75.0. The maximum absolute atomic E-state index is 15.1. The number of amides is 2.